The van der Waals surface area contributed by atoms with Gasteiger partial charge in [-0.3, -0.25) is 4.79 Å². The molecule has 2 aromatic rings. The van der Waals surface area contributed by atoms with Gasteiger partial charge in [-0.05, 0) is 48.2 Å². The topological polar surface area (TPSA) is 66.5 Å². The largest absolute Gasteiger partial charge is 0.352 e. The summed E-state index contributed by atoms with van der Waals surface area (Å²) in [5.74, 6) is -0.752. The van der Waals surface area contributed by atoms with E-state index in [2.05, 4.69) is 5.32 Å². The molecule has 1 heterocycles. The van der Waals surface area contributed by atoms with Crippen LogP contribution in [0.15, 0.2) is 42.5 Å². The van der Waals surface area contributed by atoms with Crippen molar-refractivity contribution in [2.75, 3.05) is 13.1 Å². The van der Waals surface area contributed by atoms with E-state index in [0.717, 1.165) is 5.56 Å². The second-order valence-corrected chi connectivity index (χ2v) is 10.3. The normalized spacial score (nSPS) is 17.8. The van der Waals surface area contributed by atoms with E-state index >= 15 is 0 Å². The number of carbonyl (C=O) groups excluding carboxylic acids is 1. The molecule has 0 saturated carbocycles. The molecule has 3 rings (SSSR count). The van der Waals surface area contributed by atoms with Gasteiger partial charge in [-0.25, -0.2) is 12.7 Å². The standard InChI is InChI=1S/C20H21Cl3N2O3S/c21-17-6-3-14(4-7-17)11-24-20(26)15-2-1-9-25(12-15)29(27,28)13-16-5-8-18(22)10-19(16)23/h3-8,10,15H,1-2,9,11-13H2,(H,24,26)/t15-/m1/s1. The molecule has 1 saturated heterocycles. The van der Waals surface area contributed by atoms with Gasteiger partial charge in [-0.1, -0.05) is 53.0 Å². The molecule has 0 bridgehead atoms. The van der Waals surface area contributed by atoms with E-state index < -0.39 is 10.0 Å². The molecule has 1 fully saturated rings. The van der Waals surface area contributed by atoms with Crippen LogP contribution in [0.1, 0.15) is 24.0 Å². The molecule has 9 heteroatoms. The molecule has 1 atom stereocenters. The Morgan fingerprint density at radius 1 is 1.07 bits per heavy atom. The van der Waals surface area contributed by atoms with Gasteiger partial charge in [0.25, 0.3) is 0 Å². The Labute approximate surface area is 186 Å². The lowest BCUT2D eigenvalue weighted by Crippen LogP contribution is -2.45. The van der Waals surface area contributed by atoms with Gasteiger partial charge in [0.1, 0.15) is 0 Å². The van der Waals surface area contributed by atoms with Gasteiger partial charge in [0.05, 0.1) is 11.7 Å². The summed E-state index contributed by atoms with van der Waals surface area (Å²) in [6, 6.07) is 12.0. The van der Waals surface area contributed by atoms with E-state index in [1.54, 1.807) is 24.3 Å². The molecule has 0 spiro atoms. The minimum Gasteiger partial charge on any atom is -0.352 e. The fourth-order valence-electron chi connectivity index (χ4n) is 3.27. The number of rotatable bonds is 6. The summed E-state index contributed by atoms with van der Waals surface area (Å²) in [4.78, 5) is 12.6. The first-order chi connectivity index (χ1) is 13.7. The first-order valence-corrected chi connectivity index (χ1v) is 11.9. The average Bonchev–Trinajstić information content (AvgIpc) is 2.69. The highest BCUT2D eigenvalue weighted by Crippen LogP contribution is 2.26. The number of hydrogen-bond donors (Lipinski definition) is 1. The van der Waals surface area contributed by atoms with Crippen molar-refractivity contribution in [3.63, 3.8) is 0 Å². The van der Waals surface area contributed by atoms with Crippen LogP contribution in [0.2, 0.25) is 15.1 Å². The number of carbonyl (C=O) groups is 1. The summed E-state index contributed by atoms with van der Waals surface area (Å²) < 4.78 is 27.1. The number of nitrogens with one attached hydrogen (secondary N) is 1. The van der Waals surface area contributed by atoms with Crippen LogP contribution in [0.5, 0.6) is 0 Å². The Bertz CT molecular complexity index is 981. The first-order valence-electron chi connectivity index (χ1n) is 9.18. The lowest BCUT2D eigenvalue weighted by Gasteiger charge is -2.31. The number of nitrogens with zero attached hydrogens (tertiary/aromatic N) is 1. The summed E-state index contributed by atoms with van der Waals surface area (Å²) in [5.41, 5.74) is 1.42. The van der Waals surface area contributed by atoms with E-state index in [0.29, 0.717) is 46.6 Å². The second kappa shape index (κ2) is 9.67. The fourth-order valence-corrected chi connectivity index (χ4v) is 5.59. The summed E-state index contributed by atoms with van der Waals surface area (Å²) in [5, 5.41) is 4.28. The van der Waals surface area contributed by atoms with Crippen molar-refractivity contribution in [3.8, 4) is 0 Å². The third-order valence-electron chi connectivity index (χ3n) is 4.88. The van der Waals surface area contributed by atoms with E-state index in [4.69, 9.17) is 34.8 Å². The molecule has 156 valence electrons. The quantitative estimate of drug-likeness (QED) is 0.669. The van der Waals surface area contributed by atoms with Crippen molar-refractivity contribution >= 4 is 50.7 Å². The Morgan fingerprint density at radius 2 is 1.76 bits per heavy atom. The van der Waals surface area contributed by atoms with Crippen LogP contribution in [-0.4, -0.2) is 31.7 Å². The van der Waals surface area contributed by atoms with Crippen molar-refractivity contribution in [1.82, 2.24) is 9.62 Å². The maximum atomic E-state index is 12.9. The monoisotopic (exact) mass is 474 g/mol. The third kappa shape index (κ3) is 6.09. The fraction of sp³-hybridized carbons (Fsp3) is 0.350. The summed E-state index contributed by atoms with van der Waals surface area (Å²) in [6.07, 6.45) is 1.28. The van der Waals surface area contributed by atoms with Crippen LogP contribution in [0, 0.1) is 5.92 Å². The first kappa shape index (κ1) is 22.4. The van der Waals surface area contributed by atoms with E-state index in [1.165, 1.54) is 10.4 Å². The molecule has 0 aliphatic carbocycles. The lowest BCUT2D eigenvalue weighted by molar-refractivity contribution is -0.126. The molecule has 0 unspecified atom stereocenters. The summed E-state index contributed by atoms with van der Waals surface area (Å²) in [6.45, 7) is 0.939. The van der Waals surface area contributed by atoms with E-state index in [9.17, 15) is 13.2 Å². The highest BCUT2D eigenvalue weighted by Gasteiger charge is 2.32. The van der Waals surface area contributed by atoms with Crippen LogP contribution in [0.4, 0.5) is 0 Å². The van der Waals surface area contributed by atoms with Gasteiger partial charge in [-0.15, -0.1) is 0 Å². The number of benzene rings is 2. The van der Waals surface area contributed by atoms with Crippen molar-refractivity contribution in [2.24, 2.45) is 5.92 Å². The minimum atomic E-state index is -3.60. The molecule has 1 N–H and O–H groups in total. The van der Waals surface area contributed by atoms with Gasteiger partial charge >= 0.3 is 0 Å². The molecule has 1 aliphatic rings. The zero-order valence-electron chi connectivity index (χ0n) is 15.6. The SMILES string of the molecule is O=C(NCc1ccc(Cl)cc1)[C@@H]1CCCN(S(=O)(=O)Cc2ccc(Cl)cc2Cl)C1. The number of hydrogen-bond acceptors (Lipinski definition) is 3. The smallest absolute Gasteiger partial charge is 0.224 e. The van der Waals surface area contributed by atoms with Crippen molar-refractivity contribution in [2.45, 2.75) is 25.1 Å². The number of sulfonamides is 1. The Balaban J connectivity index is 1.61. The zero-order valence-corrected chi connectivity index (χ0v) is 18.7. The molecule has 29 heavy (non-hydrogen) atoms. The predicted molar refractivity (Wildman–Crippen MR) is 117 cm³/mol. The number of piperidine rings is 1. The van der Waals surface area contributed by atoms with E-state index in [-0.39, 0.29) is 24.1 Å². The summed E-state index contributed by atoms with van der Waals surface area (Å²) >= 11 is 17.9. The van der Waals surface area contributed by atoms with Crippen LogP contribution < -0.4 is 5.32 Å². The highest BCUT2D eigenvalue weighted by atomic mass is 35.5. The van der Waals surface area contributed by atoms with Gasteiger partial charge in [-0.2, -0.15) is 0 Å². The molecular weight excluding hydrogens is 455 g/mol. The minimum absolute atomic E-state index is 0.149. The van der Waals surface area contributed by atoms with Crippen molar-refractivity contribution in [1.29, 1.82) is 0 Å². The number of halogens is 3. The molecule has 0 aromatic heterocycles. The maximum absolute atomic E-state index is 12.9. The van der Waals surface area contributed by atoms with Gasteiger partial charge in [0.15, 0.2) is 0 Å². The van der Waals surface area contributed by atoms with Gasteiger partial charge in [0, 0.05) is 34.7 Å². The summed E-state index contributed by atoms with van der Waals surface area (Å²) in [7, 11) is -3.60. The second-order valence-electron chi connectivity index (χ2n) is 7.03. The Hall–Kier alpha value is -1.31. The molecule has 5 nitrogen and oxygen atoms in total. The Kier molecular flexibility index (Phi) is 7.46. The average molecular weight is 476 g/mol. The highest BCUT2D eigenvalue weighted by molar-refractivity contribution is 7.88. The van der Waals surface area contributed by atoms with Gasteiger partial charge in [0.2, 0.25) is 15.9 Å². The molecule has 2 aromatic carbocycles. The third-order valence-corrected chi connectivity index (χ3v) is 7.51. The predicted octanol–water partition coefficient (Wildman–Crippen LogP) is 4.51. The van der Waals surface area contributed by atoms with Gasteiger partial charge < -0.3 is 5.32 Å². The van der Waals surface area contributed by atoms with Crippen LogP contribution in [0.3, 0.4) is 0 Å². The lowest BCUT2D eigenvalue weighted by atomic mass is 9.99. The molecular formula is C20H21Cl3N2O3S. The molecule has 1 amide bonds. The maximum Gasteiger partial charge on any atom is 0.224 e. The van der Waals surface area contributed by atoms with Crippen molar-refractivity contribution in [3.05, 3.63) is 68.7 Å². The van der Waals surface area contributed by atoms with Crippen LogP contribution >= 0.6 is 34.8 Å². The van der Waals surface area contributed by atoms with Crippen molar-refractivity contribution < 1.29 is 13.2 Å². The number of amides is 1. The Morgan fingerprint density at radius 3 is 2.45 bits per heavy atom. The van der Waals surface area contributed by atoms with E-state index in [1.807, 2.05) is 12.1 Å². The van der Waals surface area contributed by atoms with Crippen LogP contribution in [-0.2, 0) is 27.1 Å². The van der Waals surface area contributed by atoms with Crippen LogP contribution in [0.25, 0.3) is 0 Å². The molecule has 1 aliphatic heterocycles. The molecule has 0 radical (unpaired) electrons. The zero-order chi connectivity index (χ0) is 21.0.